The average molecular weight is 698 g/mol. The van der Waals surface area contributed by atoms with E-state index in [-0.39, 0.29) is 11.9 Å². The second-order valence-corrected chi connectivity index (χ2v) is 10.1. The van der Waals surface area contributed by atoms with Gasteiger partial charge in [-0.25, -0.2) is 9.59 Å². The molecule has 0 atom stereocenters. The molecular weight excluding hydrogens is 667 g/mol. The minimum Gasteiger partial charge on any atom is -0.465 e. The van der Waals surface area contributed by atoms with Crippen LogP contribution in [0.3, 0.4) is 0 Å². The summed E-state index contributed by atoms with van der Waals surface area (Å²) in [5.41, 5.74) is 5.93. The number of aryl methyl sites for hydroxylation is 2. The molecule has 0 N–H and O–H groups in total. The highest BCUT2D eigenvalue weighted by Crippen LogP contribution is 2.25. The lowest BCUT2D eigenvalue weighted by atomic mass is 10.0. The van der Waals surface area contributed by atoms with Crippen LogP contribution < -0.4 is 0 Å². The van der Waals surface area contributed by atoms with Gasteiger partial charge in [0.2, 0.25) is 0 Å². The Hall–Kier alpha value is -0.970. The first-order valence-corrected chi connectivity index (χ1v) is 13.6. The van der Waals surface area contributed by atoms with Gasteiger partial charge >= 0.3 is 11.9 Å². The standard InChI is InChI=1S/C13H17BrO3.C12H14BrIO2/c1-9-10(5-4-6-16-2)7-11(8-12(9)14)13(15)17-3;1-8-9(4-3-5-14)6-10(7-11(8)13)12(15)16-2/h7-8H,4-6H2,1-3H3;6-7H,3-5H2,1-2H3. The highest BCUT2D eigenvalue weighted by atomic mass is 127. The Morgan fingerprint density at radius 3 is 1.58 bits per heavy atom. The number of halogens is 3. The van der Waals surface area contributed by atoms with Gasteiger partial charge in [0.1, 0.15) is 0 Å². The van der Waals surface area contributed by atoms with Crippen LogP contribution in [0.25, 0.3) is 0 Å². The second-order valence-electron chi connectivity index (χ2n) is 7.36. The SMILES string of the molecule is COC(=O)c1cc(Br)c(C)c(CCCI)c1.COCCCc1cc(C(=O)OC)cc(Br)c1C. The molecule has 0 fully saturated rings. The number of ether oxygens (including phenoxy) is 3. The molecule has 0 spiro atoms. The molecule has 2 rings (SSSR count). The Kier molecular flexibility index (Phi) is 14.4. The largest absolute Gasteiger partial charge is 0.465 e. The van der Waals surface area contributed by atoms with Crippen LogP contribution in [-0.4, -0.2) is 44.3 Å². The second kappa shape index (κ2) is 15.8. The van der Waals surface area contributed by atoms with E-state index in [1.54, 1.807) is 13.2 Å². The maximum atomic E-state index is 11.5. The Morgan fingerprint density at radius 1 is 0.788 bits per heavy atom. The fourth-order valence-corrected chi connectivity index (χ4v) is 4.51. The van der Waals surface area contributed by atoms with E-state index in [4.69, 9.17) is 14.2 Å². The molecule has 0 aliphatic rings. The van der Waals surface area contributed by atoms with Gasteiger partial charge in [-0.3, -0.25) is 0 Å². The quantitative estimate of drug-likeness (QED) is 0.122. The van der Waals surface area contributed by atoms with Crippen molar-refractivity contribution in [2.24, 2.45) is 0 Å². The first-order chi connectivity index (χ1) is 15.7. The van der Waals surface area contributed by atoms with E-state index in [0.29, 0.717) is 11.1 Å². The monoisotopic (exact) mass is 696 g/mol. The van der Waals surface area contributed by atoms with Gasteiger partial charge < -0.3 is 14.2 Å². The van der Waals surface area contributed by atoms with Crippen LogP contribution in [0.4, 0.5) is 0 Å². The van der Waals surface area contributed by atoms with E-state index in [0.717, 1.165) is 56.8 Å². The van der Waals surface area contributed by atoms with Crippen LogP contribution in [0.5, 0.6) is 0 Å². The molecule has 182 valence electrons. The predicted octanol–water partition coefficient (Wildman–Crippen LogP) is 7.03. The van der Waals surface area contributed by atoms with E-state index < -0.39 is 0 Å². The zero-order valence-corrected chi connectivity index (χ0v) is 25.1. The van der Waals surface area contributed by atoms with Crippen LogP contribution in [-0.2, 0) is 27.1 Å². The minimum absolute atomic E-state index is 0.281. The fourth-order valence-electron chi connectivity index (χ4n) is 3.13. The first kappa shape index (κ1) is 30.1. The molecule has 0 saturated carbocycles. The van der Waals surface area contributed by atoms with Crippen molar-refractivity contribution in [3.8, 4) is 0 Å². The summed E-state index contributed by atoms with van der Waals surface area (Å²) in [5, 5.41) is 0. The van der Waals surface area contributed by atoms with E-state index >= 15 is 0 Å². The Bertz CT molecular complexity index is 947. The van der Waals surface area contributed by atoms with Crippen molar-refractivity contribution in [2.45, 2.75) is 39.5 Å². The summed E-state index contributed by atoms with van der Waals surface area (Å²) in [6, 6.07) is 7.43. The number of benzene rings is 2. The van der Waals surface area contributed by atoms with Gasteiger partial charge in [-0.1, -0.05) is 54.5 Å². The molecule has 0 aromatic heterocycles. The molecule has 2 aromatic rings. The van der Waals surface area contributed by atoms with Gasteiger partial charge in [0, 0.05) is 22.7 Å². The molecule has 0 bridgehead atoms. The summed E-state index contributed by atoms with van der Waals surface area (Å²) in [6.45, 7) is 4.82. The van der Waals surface area contributed by atoms with Crippen LogP contribution in [0.1, 0.15) is 55.8 Å². The van der Waals surface area contributed by atoms with Crippen LogP contribution >= 0.6 is 54.5 Å². The normalized spacial score (nSPS) is 10.3. The molecule has 33 heavy (non-hydrogen) atoms. The highest BCUT2D eigenvalue weighted by molar-refractivity contribution is 14.1. The molecule has 2 aromatic carbocycles. The van der Waals surface area contributed by atoms with Crippen molar-refractivity contribution in [3.05, 3.63) is 66.6 Å². The maximum Gasteiger partial charge on any atom is 0.337 e. The summed E-state index contributed by atoms with van der Waals surface area (Å²) in [5.74, 6) is -0.588. The minimum atomic E-state index is -0.307. The topological polar surface area (TPSA) is 61.8 Å². The predicted molar refractivity (Wildman–Crippen MR) is 148 cm³/mol. The molecule has 0 amide bonds. The van der Waals surface area contributed by atoms with Gasteiger partial charge in [-0.2, -0.15) is 0 Å². The third-order valence-electron chi connectivity index (χ3n) is 5.12. The smallest absolute Gasteiger partial charge is 0.337 e. The summed E-state index contributed by atoms with van der Waals surface area (Å²) < 4.78 is 17.5. The van der Waals surface area contributed by atoms with Crippen molar-refractivity contribution in [1.29, 1.82) is 0 Å². The summed E-state index contributed by atoms with van der Waals surface area (Å²) >= 11 is 9.30. The van der Waals surface area contributed by atoms with Crippen molar-refractivity contribution in [3.63, 3.8) is 0 Å². The Morgan fingerprint density at radius 2 is 1.21 bits per heavy atom. The number of esters is 2. The molecule has 8 heteroatoms. The number of carbonyl (C=O) groups excluding carboxylic acids is 2. The maximum absolute atomic E-state index is 11.5. The van der Waals surface area contributed by atoms with Crippen LogP contribution in [0.15, 0.2) is 33.2 Å². The molecule has 5 nitrogen and oxygen atoms in total. The van der Waals surface area contributed by atoms with Gasteiger partial charge in [0.15, 0.2) is 0 Å². The zero-order valence-electron chi connectivity index (χ0n) is 19.7. The van der Waals surface area contributed by atoms with Gasteiger partial charge in [0.25, 0.3) is 0 Å². The third kappa shape index (κ3) is 9.66. The lowest BCUT2D eigenvalue weighted by Crippen LogP contribution is -2.04. The first-order valence-electron chi connectivity index (χ1n) is 10.5. The summed E-state index contributed by atoms with van der Waals surface area (Å²) in [4.78, 5) is 22.9. The summed E-state index contributed by atoms with van der Waals surface area (Å²) in [6.07, 6.45) is 3.95. The van der Waals surface area contributed by atoms with Gasteiger partial charge in [-0.15, -0.1) is 0 Å². The van der Waals surface area contributed by atoms with Gasteiger partial charge in [-0.05, 0) is 90.5 Å². The molecule has 0 saturated heterocycles. The van der Waals surface area contributed by atoms with Gasteiger partial charge in [0.05, 0.1) is 25.3 Å². The molecular formula is C25H31Br2IO5. The number of alkyl halides is 1. The average Bonchev–Trinajstić information content (AvgIpc) is 2.81. The lowest BCUT2D eigenvalue weighted by molar-refractivity contribution is 0.0591. The van der Waals surface area contributed by atoms with Crippen LogP contribution in [0, 0.1) is 13.8 Å². The molecule has 0 radical (unpaired) electrons. The van der Waals surface area contributed by atoms with E-state index in [1.807, 2.05) is 25.1 Å². The van der Waals surface area contributed by atoms with Crippen LogP contribution in [0.2, 0.25) is 0 Å². The Balaban J connectivity index is 0.000000331. The van der Waals surface area contributed by atoms with Crippen molar-refractivity contribution >= 4 is 66.4 Å². The number of carbonyl (C=O) groups is 2. The lowest BCUT2D eigenvalue weighted by Gasteiger charge is -2.10. The van der Waals surface area contributed by atoms with Crippen molar-refractivity contribution in [1.82, 2.24) is 0 Å². The van der Waals surface area contributed by atoms with E-state index in [2.05, 4.69) is 61.4 Å². The van der Waals surface area contributed by atoms with E-state index in [1.165, 1.54) is 25.3 Å². The molecule has 0 aliphatic heterocycles. The molecule has 0 aliphatic carbocycles. The van der Waals surface area contributed by atoms with Crippen molar-refractivity contribution in [2.75, 3.05) is 32.4 Å². The number of hydrogen-bond acceptors (Lipinski definition) is 5. The number of hydrogen-bond donors (Lipinski definition) is 0. The third-order valence-corrected chi connectivity index (χ3v) is 7.53. The van der Waals surface area contributed by atoms with Crippen molar-refractivity contribution < 1.29 is 23.8 Å². The molecule has 0 heterocycles. The zero-order chi connectivity index (χ0) is 25.0. The Labute approximate surface area is 227 Å². The summed E-state index contributed by atoms with van der Waals surface area (Å²) in [7, 11) is 4.48. The molecule has 0 unspecified atom stereocenters. The van der Waals surface area contributed by atoms with E-state index in [9.17, 15) is 9.59 Å². The number of methoxy groups -OCH3 is 3. The number of rotatable bonds is 9. The fraction of sp³-hybridized carbons (Fsp3) is 0.440. The highest BCUT2D eigenvalue weighted by Gasteiger charge is 2.12.